The number of nitrogens with one attached hydrogen (secondary N) is 1. The second-order valence-corrected chi connectivity index (χ2v) is 4.17. The number of rotatable bonds is 3. The number of hydrogen-bond acceptors (Lipinski definition) is 2. The van der Waals surface area contributed by atoms with E-state index < -0.39 is 0 Å². The monoisotopic (exact) mass is 181 g/mol. The number of hydrogen-bond donors (Lipinski definition) is 1. The molecular formula is C11H19NO. The minimum absolute atomic E-state index is 0.836. The van der Waals surface area contributed by atoms with E-state index in [0.717, 1.165) is 25.7 Å². The molecule has 0 amide bonds. The van der Waals surface area contributed by atoms with Gasteiger partial charge in [-0.2, -0.15) is 0 Å². The van der Waals surface area contributed by atoms with Crippen LogP contribution in [0.25, 0.3) is 0 Å². The zero-order valence-corrected chi connectivity index (χ0v) is 8.44. The minimum Gasteiger partial charge on any atom is -0.388 e. The molecule has 0 unspecified atom stereocenters. The van der Waals surface area contributed by atoms with Gasteiger partial charge in [0.15, 0.2) is 0 Å². The Bertz CT molecular complexity index is 198. The molecule has 0 atom stereocenters. The zero-order valence-electron chi connectivity index (χ0n) is 8.44. The first-order chi connectivity index (χ1) is 6.36. The smallest absolute Gasteiger partial charge is 0.0469 e. The Balaban J connectivity index is 1.69. The van der Waals surface area contributed by atoms with Crippen molar-refractivity contribution >= 4 is 0 Å². The maximum absolute atomic E-state index is 5.33. The first-order valence-electron chi connectivity index (χ1n) is 5.36. The van der Waals surface area contributed by atoms with Gasteiger partial charge in [0.05, 0.1) is 0 Å². The van der Waals surface area contributed by atoms with E-state index in [4.69, 9.17) is 4.74 Å². The van der Waals surface area contributed by atoms with Gasteiger partial charge in [-0.1, -0.05) is 5.57 Å². The van der Waals surface area contributed by atoms with Crippen LogP contribution in [0.2, 0.25) is 0 Å². The molecule has 2 rings (SSSR count). The normalized spacial score (nSPS) is 23.0. The molecule has 2 fully saturated rings. The van der Waals surface area contributed by atoms with Crippen LogP contribution in [0.1, 0.15) is 32.6 Å². The van der Waals surface area contributed by atoms with E-state index in [1.165, 1.54) is 31.4 Å². The Morgan fingerprint density at radius 2 is 2.08 bits per heavy atom. The van der Waals surface area contributed by atoms with Gasteiger partial charge in [0.2, 0.25) is 0 Å². The molecule has 1 saturated heterocycles. The van der Waals surface area contributed by atoms with Crippen LogP contribution in [-0.2, 0) is 4.74 Å². The van der Waals surface area contributed by atoms with E-state index in [0.29, 0.717) is 0 Å². The van der Waals surface area contributed by atoms with E-state index in [1.807, 2.05) is 0 Å². The van der Waals surface area contributed by atoms with Gasteiger partial charge in [0.25, 0.3) is 0 Å². The lowest BCUT2D eigenvalue weighted by atomic mass is 10.0. The van der Waals surface area contributed by atoms with Crippen molar-refractivity contribution in [3.63, 3.8) is 0 Å². The van der Waals surface area contributed by atoms with E-state index in [9.17, 15) is 0 Å². The standard InChI is InChI=1S/C11H19NO/c1-9(11-2-3-11)12-8-10-4-6-13-7-5-10/h10,12H,2-8H2,1H3. The van der Waals surface area contributed by atoms with Gasteiger partial charge in [0, 0.05) is 25.5 Å². The third-order valence-corrected chi connectivity index (χ3v) is 3.03. The summed E-state index contributed by atoms with van der Waals surface area (Å²) < 4.78 is 5.33. The molecule has 2 heteroatoms. The molecule has 1 saturated carbocycles. The maximum Gasteiger partial charge on any atom is 0.0469 e. The number of ether oxygens (including phenoxy) is 1. The summed E-state index contributed by atoms with van der Waals surface area (Å²) in [6.07, 6.45) is 5.12. The summed E-state index contributed by atoms with van der Waals surface area (Å²) >= 11 is 0. The molecule has 1 aliphatic heterocycles. The molecule has 0 spiro atoms. The van der Waals surface area contributed by atoms with Crippen molar-refractivity contribution in [1.82, 2.24) is 5.32 Å². The highest BCUT2D eigenvalue weighted by molar-refractivity contribution is 5.22. The fourth-order valence-electron chi connectivity index (χ4n) is 1.81. The lowest BCUT2D eigenvalue weighted by Crippen LogP contribution is -2.26. The van der Waals surface area contributed by atoms with Crippen LogP contribution in [0.3, 0.4) is 0 Å². The topological polar surface area (TPSA) is 21.3 Å². The molecule has 0 aromatic rings. The van der Waals surface area contributed by atoms with Crippen molar-refractivity contribution in [2.45, 2.75) is 32.6 Å². The van der Waals surface area contributed by atoms with Crippen molar-refractivity contribution in [1.29, 1.82) is 0 Å². The van der Waals surface area contributed by atoms with E-state index >= 15 is 0 Å². The molecule has 0 radical (unpaired) electrons. The van der Waals surface area contributed by atoms with Gasteiger partial charge in [-0.15, -0.1) is 0 Å². The van der Waals surface area contributed by atoms with E-state index in [2.05, 4.69) is 12.2 Å². The summed E-state index contributed by atoms with van der Waals surface area (Å²) in [5, 5.41) is 3.54. The van der Waals surface area contributed by atoms with Crippen LogP contribution in [0, 0.1) is 5.92 Å². The zero-order chi connectivity index (χ0) is 9.10. The summed E-state index contributed by atoms with van der Waals surface area (Å²) in [4.78, 5) is 0. The van der Waals surface area contributed by atoms with Crippen LogP contribution in [0.4, 0.5) is 0 Å². The predicted molar refractivity (Wildman–Crippen MR) is 53.5 cm³/mol. The highest BCUT2D eigenvalue weighted by Gasteiger charge is 2.17. The van der Waals surface area contributed by atoms with Crippen molar-refractivity contribution in [3.05, 3.63) is 11.3 Å². The fraction of sp³-hybridized carbons (Fsp3) is 0.818. The largest absolute Gasteiger partial charge is 0.388 e. The van der Waals surface area contributed by atoms with Gasteiger partial charge in [-0.25, -0.2) is 0 Å². The molecule has 0 bridgehead atoms. The lowest BCUT2D eigenvalue weighted by Gasteiger charge is -2.22. The third-order valence-electron chi connectivity index (χ3n) is 3.03. The van der Waals surface area contributed by atoms with Crippen molar-refractivity contribution in [3.8, 4) is 0 Å². The van der Waals surface area contributed by atoms with Crippen molar-refractivity contribution < 1.29 is 4.74 Å². The predicted octanol–water partition coefficient (Wildman–Crippen LogP) is 2.07. The van der Waals surface area contributed by atoms with Gasteiger partial charge in [-0.3, -0.25) is 0 Å². The first-order valence-corrected chi connectivity index (χ1v) is 5.36. The van der Waals surface area contributed by atoms with Crippen LogP contribution in [0.5, 0.6) is 0 Å². The van der Waals surface area contributed by atoms with Gasteiger partial charge in [-0.05, 0) is 38.5 Å². The SMILES string of the molecule is CC(NCC1CCOCC1)=C1CC1. The van der Waals surface area contributed by atoms with Gasteiger partial charge < -0.3 is 10.1 Å². The Morgan fingerprint density at radius 3 is 2.69 bits per heavy atom. The molecular weight excluding hydrogens is 162 g/mol. The highest BCUT2D eigenvalue weighted by Crippen LogP contribution is 2.30. The Morgan fingerprint density at radius 1 is 1.38 bits per heavy atom. The van der Waals surface area contributed by atoms with Crippen LogP contribution >= 0.6 is 0 Å². The highest BCUT2D eigenvalue weighted by atomic mass is 16.5. The Kier molecular flexibility index (Phi) is 2.89. The Hall–Kier alpha value is -0.500. The van der Waals surface area contributed by atoms with E-state index in [-0.39, 0.29) is 0 Å². The average Bonchev–Trinajstić information content (AvgIpc) is 2.99. The fourth-order valence-corrected chi connectivity index (χ4v) is 1.81. The molecule has 0 aromatic carbocycles. The van der Waals surface area contributed by atoms with Crippen LogP contribution in [-0.4, -0.2) is 19.8 Å². The second-order valence-electron chi connectivity index (χ2n) is 4.17. The van der Waals surface area contributed by atoms with E-state index in [1.54, 1.807) is 5.57 Å². The third kappa shape index (κ3) is 2.73. The van der Waals surface area contributed by atoms with Gasteiger partial charge >= 0.3 is 0 Å². The Labute approximate surface area is 80.4 Å². The molecule has 1 heterocycles. The van der Waals surface area contributed by atoms with Crippen molar-refractivity contribution in [2.75, 3.05) is 19.8 Å². The minimum atomic E-state index is 0.836. The molecule has 74 valence electrons. The van der Waals surface area contributed by atoms with Crippen LogP contribution < -0.4 is 5.32 Å². The summed E-state index contributed by atoms with van der Waals surface area (Å²) in [6.45, 7) is 5.28. The second kappa shape index (κ2) is 4.14. The molecule has 2 nitrogen and oxygen atoms in total. The van der Waals surface area contributed by atoms with Crippen LogP contribution in [0.15, 0.2) is 11.3 Å². The molecule has 0 aromatic heterocycles. The quantitative estimate of drug-likeness (QED) is 0.719. The summed E-state index contributed by atoms with van der Waals surface area (Å²) in [7, 11) is 0. The summed E-state index contributed by atoms with van der Waals surface area (Å²) in [5.74, 6) is 0.836. The molecule has 1 N–H and O–H groups in total. The molecule has 13 heavy (non-hydrogen) atoms. The maximum atomic E-state index is 5.33. The average molecular weight is 181 g/mol. The first kappa shape index (κ1) is 9.07. The lowest BCUT2D eigenvalue weighted by molar-refractivity contribution is 0.0670. The summed E-state index contributed by atoms with van der Waals surface area (Å²) in [6, 6.07) is 0. The summed E-state index contributed by atoms with van der Waals surface area (Å²) in [5.41, 5.74) is 3.07. The van der Waals surface area contributed by atoms with Gasteiger partial charge in [0.1, 0.15) is 0 Å². The molecule has 1 aliphatic carbocycles. The number of allylic oxidation sites excluding steroid dienone is 2. The van der Waals surface area contributed by atoms with Crippen molar-refractivity contribution in [2.24, 2.45) is 5.92 Å². The molecule has 2 aliphatic rings.